The molecule has 1 aliphatic rings. The summed E-state index contributed by atoms with van der Waals surface area (Å²) in [7, 11) is 0. The van der Waals surface area contributed by atoms with E-state index in [1.807, 2.05) is 69.3 Å². The van der Waals surface area contributed by atoms with Crippen molar-refractivity contribution < 1.29 is 27.2 Å². The standard InChI is InChI=1S/C33H28F3N3O3/c1-4-25(40)28-24-15-21(11-12-27(24)42-29(28)20-8-5-18(2)6-9-20)23-16-22(10-7-19(23)3)26(41)17-32(13-14-32)30-37-31(39-38-30)33(34,35)36/h5-12,15-16H,4,13-14,17H2,1-3H3,(H,37,38,39). The van der Waals surface area contributed by atoms with E-state index >= 15 is 0 Å². The van der Waals surface area contributed by atoms with Gasteiger partial charge in [-0.05, 0) is 61.6 Å². The fourth-order valence-corrected chi connectivity index (χ4v) is 5.42. The number of carbonyl (C=O) groups excluding carboxylic acids is 2. The quantitative estimate of drug-likeness (QED) is 0.189. The van der Waals surface area contributed by atoms with Gasteiger partial charge in [0.05, 0.1) is 5.56 Å². The first-order valence-electron chi connectivity index (χ1n) is 13.8. The Hall–Kier alpha value is -4.53. The normalized spacial score (nSPS) is 14.3. The van der Waals surface area contributed by atoms with Crippen LogP contribution in [-0.4, -0.2) is 26.7 Å². The molecule has 0 saturated heterocycles. The molecular formula is C33H28F3N3O3. The number of Topliss-reactive ketones (excluding diaryl/α,β-unsaturated/α-hetero) is 2. The number of alkyl halides is 3. The minimum absolute atomic E-state index is 0.0256. The van der Waals surface area contributed by atoms with E-state index in [1.165, 1.54) is 0 Å². The molecule has 2 aromatic heterocycles. The smallest absolute Gasteiger partial charge is 0.453 e. The zero-order chi connectivity index (χ0) is 29.8. The molecule has 1 N–H and O–H groups in total. The number of carbonyl (C=O) groups is 2. The summed E-state index contributed by atoms with van der Waals surface area (Å²) in [6, 6.07) is 18.9. The molecule has 214 valence electrons. The summed E-state index contributed by atoms with van der Waals surface area (Å²) >= 11 is 0. The van der Waals surface area contributed by atoms with Gasteiger partial charge in [0.1, 0.15) is 17.2 Å². The lowest BCUT2D eigenvalue weighted by atomic mass is 9.91. The van der Waals surface area contributed by atoms with Crippen molar-refractivity contribution in [3.63, 3.8) is 0 Å². The van der Waals surface area contributed by atoms with Crippen molar-refractivity contribution in [2.45, 2.75) is 58.0 Å². The van der Waals surface area contributed by atoms with E-state index in [-0.39, 0.29) is 23.8 Å². The first kappa shape index (κ1) is 27.6. The Morgan fingerprint density at radius 3 is 2.31 bits per heavy atom. The van der Waals surface area contributed by atoms with E-state index < -0.39 is 17.4 Å². The lowest BCUT2D eigenvalue weighted by Gasteiger charge is -2.13. The highest BCUT2D eigenvalue weighted by Gasteiger charge is 2.50. The van der Waals surface area contributed by atoms with Crippen LogP contribution in [-0.2, 0) is 11.6 Å². The van der Waals surface area contributed by atoms with Crippen molar-refractivity contribution in [2.75, 3.05) is 0 Å². The summed E-state index contributed by atoms with van der Waals surface area (Å²) in [5.41, 5.74) is 5.31. The molecule has 42 heavy (non-hydrogen) atoms. The van der Waals surface area contributed by atoms with Gasteiger partial charge in [0.15, 0.2) is 11.6 Å². The third-order valence-corrected chi connectivity index (χ3v) is 8.07. The number of hydrogen-bond acceptors (Lipinski definition) is 5. The van der Waals surface area contributed by atoms with E-state index in [0.717, 1.165) is 27.8 Å². The second-order valence-electron chi connectivity index (χ2n) is 11.1. The van der Waals surface area contributed by atoms with E-state index in [1.54, 1.807) is 12.1 Å². The van der Waals surface area contributed by atoms with E-state index in [9.17, 15) is 22.8 Å². The third-order valence-electron chi connectivity index (χ3n) is 8.07. The van der Waals surface area contributed by atoms with Crippen molar-refractivity contribution >= 4 is 22.5 Å². The summed E-state index contributed by atoms with van der Waals surface area (Å²) in [5, 5.41) is 6.41. The fraction of sp³-hybridized carbons (Fsp3) is 0.273. The maximum atomic E-state index is 13.4. The van der Waals surface area contributed by atoms with Gasteiger partial charge in [-0.1, -0.05) is 55.0 Å². The van der Waals surface area contributed by atoms with Gasteiger partial charge in [0, 0.05) is 34.8 Å². The Morgan fingerprint density at radius 2 is 1.67 bits per heavy atom. The highest BCUT2D eigenvalue weighted by Crippen LogP contribution is 2.50. The van der Waals surface area contributed by atoms with Crippen LogP contribution in [0, 0.1) is 13.8 Å². The molecule has 2 heterocycles. The van der Waals surface area contributed by atoms with Gasteiger partial charge in [-0.3, -0.25) is 14.7 Å². The van der Waals surface area contributed by atoms with Gasteiger partial charge in [0.25, 0.3) is 5.82 Å². The predicted molar refractivity (Wildman–Crippen MR) is 152 cm³/mol. The highest BCUT2D eigenvalue weighted by molar-refractivity contribution is 6.12. The van der Waals surface area contributed by atoms with E-state index in [2.05, 4.69) is 15.2 Å². The Labute approximate surface area is 240 Å². The Morgan fingerprint density at radius 1 is 0.952 bits per heavy atom. The van der Waals surface area contributed by atoms with Crippen LogP contribution in [0.25, 0.3) is 33.4 Å². The average molecular weight is 572 g/mol. The first-order chi connectivity index (χ1) is 20.0. The molecular weight excluding hydrogens is 543 g/mol. The van der Waals surface area contributed by atoms with Gasteiger partial charge >= 0.3 is 6.18 Å². The number of aromatic amines is 1. The molecule has 0 atom stereocenters. The number of hydrogen-bond donors (Lipinski definition) is 1. The van der Waals surface area contributed by atoms with Crippen LogP contribution in [0.15, 0.2) is 65.1 Å². The van der Waals surface area contributed by atoms with Crippen LogP contribution in [0.2, 0.25) is 0 Å². The topological polar surface area (TPSA) is 88.8 Å². The Bertz CT molecular complexity index is 1840. The summed E-state index contributed by atoms with van der Waals surface area (Å²) < 4.78 is 45.3. The van der Waals surface area contributed by atoms with Crippen molar-refractivity contribution in [3.8, 4) is 22.5 Å². The van der Waals surface area contributed by atoms with Crippen molar-refractivity contribution in [3.05, 3.63) is 94.6 Å². The number of benzene rings is 3. The predicted octanol–water partition coefficient (Wildman–Crippen LogP) is 8.42. The number of halogens is 3. The maximum absolute atomic E-state index is 13.4. The molecule has 9 heteroatoms. The molecule has 6 nitrogen and oxygen atoms in total. The molecule has 5 aromatic rings. The van der Waals surface area contributed by atoms with Crippen LogP contribution in [0.5, 0.6) is 0 Å². The number of ketones is 2. The number of aromatic nitrogens is 3. The summed E-state index contributed by atoms with van der Waals surface area (Å²) in [6.45, 7) is 5.75. The summed E-state index contributed by atoms with van der Waals surface area (Å²) in [4.78, 5) is 30.2. The monoisotopic (exact) mass is 571 g/mol. The van der Waals surface area contributed by atoms with Crippen molar-refractivity contribution in [2.24, 2.45) is 0 Å². The van der Waals surface area contributed by atoms with Gasteiger partial charge in [-0.15, -0.1) is 5.10 Å². The van der Waals surface area contributed by atoms with E-state index in [0.29, 0.717) is 47.1 Å². The van der Waals surface area contributed by atoms with Gasteiger partial charge < -0.3 is 4.42 Å². The number of nitrogens with one attached hydrogen (secondary N) is 1. The van der Waals surface area contributed by atoms with Crippen LogP contribution in [0.3, 0.4) is 0 Å². The molecule has 1 saturated carbocycles. The zero-order valence-electron chi connectivity index (χ0n) is 23.4. The highest BCUT2D eigenvalue weighted by atomic mass is 19.4. The largest absolute Gasteiger partial charge is 0.455 e. The molecule has 0 spiro atoms. The van der Waals surface area contributed by atoms with Gasteiger partial charge in [-0.2, -0.15) is 13.2 Å². The lowest BCUT2D eigenvalue weighted by Crippen LogP contribution is -2.16. The van der Waals surface area contributed by atoms with Gasteiger partial charge in [-0.25, -0.2) is 4.98 Å². The van der Waals surface area contributed by atoms with Crippen molar-refractivity contribution in [1.82, 2.24) is 15.2 Å². The SMILES string of the molecule is CCC(=O)c1c(-c2ccc(C)cc2)oc2ccc(-c3cc(C(=O)CC4(c5nc(C(F)(F)F)n[nH]5)CC4)ccc3C)cc12. The second kappa shape index (κ2) is 10.1. The third kappa shape index (κ3) is 4.93. The number of aryl methyl sites for hydroxylation is 2. The second-order valence-corrected chi connectivity index (χ2v) is 11.1. The van der Waals surface area contributed by atoms with Crippen LogP contribution in [0.1, 0.15) is 76.1 Å². The molecule has 0 bridgehead atoms. The molecule has 0 aliphatic heterocycles. The number of furan rings is 1. The maximum Gasteiger partial charge on any atom is 0.453 e. The molecule has 0 amide bonds. The number of H-pyrrole nitrogens is 1. The zero-order valence-corrected chi connectivity index (χ0v) is 23.4. The number of fused-ring (bicyclic) bond motifs is 1. The minimum Gasteiger partial charge on any atom is -0.455 e. The molecule has 3 aromatic carbocycles. The summed E-state index contributed by atoms with van der Waals surface area (Å²) in [5.74, 6) is -0.816. The van der Waals surface area contributed by atoms with Crippen LogP contribution in [0.4, 0.5) is 13.2 Å². The van der Waals surface area contributed by atoms with Crippen LogP contribution >= 0.6 is 0 Å². The average Bonchev–Trinajstić information content (AvgIpc) is 3.38. The fourth-order valence-electron chi connectivity index (χ4n) is 5.42. The van der Waals surface area contributed by atoms with Crippen LogP contribution < -0.4 is 0 Å². The molecule has 6 rings (SSSR count). The van der Waals surface area contributed by atoms with Gasteiger partial charge in [0.2, 0.25) is 0 Å². The number of nitrogens with zero attached hydrogens (tertiary/aromatic N) is 2. The number of rotatable bonds is 8. The van der Waals surface area contributed by atoms with E-state index in [4.69, 9.17) is 4.42 Å². The summed E-state index contributed by atoms with van der Waals surface area (Å²) in [6.07, 6.45) is -3.20. The lowest BCUT2D eigenvalue weighted by molar-refractivity contribution is -0.144. The molecule has 0 unspecified atom stereocenters. The molecule has 1 fully saturated rings. The molecule has 1 aliphatic carbocycles. The first-order valence-corrected chi connectivity index (χ1v) is 13.8. The Kier molecular flexibility index (Phi) is 6.63. The minimum atomic E-state index is -4.65. The molecule has 0 radical (unpaired) electrons. The van der Waals surface area contributed by atoms with Crippen molar-refractivity contribution in [1.29, 1.82) is 0 Å². The Balaban J connectivity index is 1.35.